The Morgan fingerprint density at radius 2 is 0.472 bits per heavy atom. The van der Waals surface area contributed by atoms with Gasteiger partial charge in [0, 0.05) is 0 Å². The van der Waals surface area contributed by atoms with Gasteiger partial charge in [0.25, 0.3) is 0 Å². The van der Waals surface area contributed by atoms with Gasteiger partial charge in [-0.05, 0) is 169 Å². The molecule has 0 aromatic heterocycles. The standard InChI is InChI=1S/C87H56Si2/c1-5-28-57(29-6-1)88(58-30-7-2-8-31-58)79-52-21-16-39-70(79)85-65(45-26-54-81(85)88)61-41-23-43-67-73(61)56-74-62(66-46-27-55-82-86(66)71-40-17-22-53-80(71)89(82,59-32-9-3-10-33-59)60-34-11-4-12-35-60)42-24-44-68(74)83(67)72-47-25-51-78-84(72)69-38-15-20-50-77(69)87(78)75-48-18-13-36-63(75)64-37-14-19-49-76(64)87/h1-56H. The van der Waals surface area contributed by atoms with E-state index in [0.717, 1.165) is 0 Å². The van der Waals surface area contributed by atoms with E-state index in [0.29, 0.717) is 0 Å². The zero-order valence-electron chi connectivity index (χ0n) is 48.8. The van der Waals surface area contributed by atoms with E-state index in [2.05, 4.69) is 340 Å². The zero-order chi connectivity index (χ0) is 58.4. The second-order valence-electron chi connectivity index (χ2n) is 24.7. The number of hydrogen-bond acceptors (Lipinski definition) is 0. The number of fused-ring (bicyclic) bond motifs is 18. The quantitative estimate of drug-likeness (QED) is 0.110. The molecule has 412 valence electrons. The van der Waals surface area contributed by atoms with Gasteiger partial charge in [-0.15, -0.1) is 0 Å². The Kier molecular flexibility index (Phi) is 10.8. The SMILES string of the molecule is c1ccc([Si]2(c3ccccc3)c3ccccc3-c3c(-c4cccc5c(-c6cccc7c6-c6ccccc6C76c7ccccc7-c7ccccc76)c6cccc(-c7cccc8c7-c7ccccc7[Si]8(c7ccccc7)c7ccccc7)c6cc45)cccc32)cc1. The highest BCUT2D eigenvalue weighted by Gasteiger charge is 2.54. The van der Waals surface area contributed by atoms with Gasteiger partial charge in [-0.2, -0.15) is 0 Å². The van der Waals surface area contributed by atoms with Crippen molar-refractivity contribution in [2.24, 2.45) is 0 Å². The topological polar surface area (TPSA) is 0 Å². The third kappa shape index (κ3) is 6.56. The molecule has 89 heavy (non-hydrogen) atoms. The molecule has 0 N–H and O–H groups in total. The van der Waals surface area contributed by atoms with Crippen LogP contribution in [0.4, 0.5) is 0 Å². The van der Waals surface area contributed by atoms with E-state index >= 15 is 0 Å². The van der Waals surface area contributed by atoms with Gasteiger partial charge in [-0.3, -0.25) is 0 Å². The maximum Gasteiger partial charge on any atom is 0.180 e. The summed E-state index contributed by atoms with van der Waals surface area (Å²) in [6, 6.07) is 131. The maximum atomic E-state index is 2.60. The van der Waals surface area contributed by atoms with Gasteiger partial charge in [-0.1, -0.05) is 334 Å². The molecular weight excluding hydrogens is 1100 g/mol. The molecule has 15 aromatic carbocycles. The van der Waals surface area contributed by atoms with Crippen molar-refractivity contribution in [2.45, 2.75) is 5.41 Å². The first kappa shape index (κ1) is 50.4. The van der Waals surface area contributed by atoms with Crippen molar-refractivity contribution < 1.29 is 0 Å². The summed E-state index contributed by atoms with van der Waals surface area (Å²) < 4.78 is 0. The van der Waals surface area contributed by atoms with E-state index in [1.54, 1.807) is 0 Å². The summed E-state index contributed by atoms with van der Waals surface area (Å²) in [5, 5.41) is 16.3. The van der Waals surface area contributed by atoms with Gasteiger partial charge in [0.1, 0.15) is 0 Å². The van der Waals surface area contributed by atoms with E-state index in [4.69, 9.17) is 0 Å². The fraction of sp³-hybridized carbons (Fsp3) is 0.0115. The van der Waals surface area contributed by atoms with Crippen molar-refractivity contribution in [3.63, 3.8) is 0 Å². The van der Waals surface area contributed by atoms with Crippen LogP contribution in [-0.4, -0.2) is 16.1 Å². The molecule has 0 radical (unpaired) electrons. The van der Waals surface area contributed by atoms with E-state index in [1.165, 1.54) is 163 Å². The van der Waals surface area contributed by atoms with Crippen molar-refractivity contribution in [3.05, 3.63) is 362 Å². The largest absolute Gasteiger partial charge is 0.180 e. The summed E-state index contributed by atoms with van der Waals surface area (Å²) in [5.41, 5.74) is 23.0. The lowest BCUT2D eigenvalue weighted by molar-refractivity contribution is 0.794. The molecule has 1 spiro atoms. The summed E-state index contributed by atoms with van der Waals surface area (Å²) in [7, 11) is -5.65. The van der Waals surface area contributed by atoms with Crippen LogP contribution in [0, 0.1) is 0 Å². The van der Waals surface area contributed by atoms with Gasteiger partial charge in [0.2, 0.25) is 0 Å². The van der Waals surface area contributed by atoms with Crippen molar-refractivity contribution in [3.8, 4) is 77.9 Å². The minimum atomic E-state index is -2.83. The van der Waals surface area contributed by atoms with Crippen molar-refractivity contribution in [2.75, 3.05) is 0 Å². The fourth-order valence-corrected chi connectivity index (χ4v) is 28.1. The van der Waals surface area contributed by atoms with E-state index < -0.39 is 21.6 Å². The molecule has 0 amide bonds. The van der Waals surface area contributed by atoms with Crippen LogP contribution in [-0.2, 0) is 5.41 Å². The normalized spacial score (nSPS) is 14.3. The summed E-state index contributed by atoms with van der Waals surface area (Å²) in [4.78, 5) is 0. The molecule has 0 saturated heterocycles. The number of hydrogen-bond donors (Lipinski definition) is 0. The first-order valence-corrected chi connectivity index (χ1v) is 35.3. The Labute approximate surface area is 521 Å². The Balaban J connectivity index is 0.946. The smallest absolute Gasteiger partial charge is 0.0623 e. The van der Waals surface area contributed by atoms with E-state index in [9.17, 15) is 0 Å². The fourth-order valence-electron chi connectivity index (χ4n) is 17.7. The Morgan fingerprint density at radius 3 is 0.921 bits per heavy atom. The third-order valence-corrected chi connectivity index (χ3v) is 30.6. The zero-order valence-corrected chi connectivity index (χ0v) is 50.8. The molecule has 19 rings (SSSR count). The Morgan fingerprint density at radius 1 is 0.169 bits per heavy atom. The first-order valence-electron chi connectivity index (χ1n) is 31.3. The minimum Gasteiger partial charge on any atom is -0.0623 e. The summed E-state index contributed by atoms with van der Waals surface area (Å²) >= 11 is 0. The lowest BCUT2D eigenvalue weighted by atomic mass is 9.70. The van der Waals surface area contributed by atoms with Gasteiger partial charge >= 0.3 is 0 Å². The van der Waals surface area contributed by atoms with E-state index in [-0.39, 0.29) is 0 Å². The molecule has 0 bridgehead atoms. The average molecular weight is 1160 g/mol. The second-order valence-corrected chi connectivity index (χ2v) is 32.1. The van der Waals surface area contributed by atoms with Crippen LogP contribution >= 0.6 is 0 Å². The van der Waals surface area contributed by atoms with Crippen molar-refractivity contribution >= 4 is 79.2 Å². The van der Waals surface area contributed by atoms with Crippen molar-refractivity contribution in [1.29, 1.82) is 0 Å². The summed E-state index contributed by atoms with van der Waals surface area (Å²) in [6.45, 7) is 0. The molecule has 2 aliphatic carbocycles. The highest BCUT2D eigenvalue weighted by Crippen LogP contribution is 2.64. The summed E-state index contributed by atoms with van der Waals surface area (Å²) in [5.74, 6) is 0. The van der Waals surface area contributed by atoms with Crippen molar-refractivity contribution in [1.82, 2.24) is 0 Å². The predicted octanol–water partition coefficient (Wildman–Crippen LogP) is 16.1. The molecule has 0 nitrogen and oxygen atoms in total. The van der Waals surface area contributed by atoms with Gasteiger partial charge in [0.05, 0.1) is 5.41 Å². The van der Waals surface area contributed by atoms with Crippen LogP contribution in [0.25, 0.3) is 99.4 Å². The van der Waals surface area contributed by atoms with Gasteiger partial charge < -0.3 is 0 Å². The molecule has 2 aliphatic heterocycles. The van der Waals surface area contributed by atoms with Crippen LogP contribution in [0.15, 0.2) is 340 Å². The molecule has 0 atom stereocenters. The predicted molar refractivity (Wildman–Crippen MR) is 379 cm³/mol. The lowest BCUT2D eigenvalue weighted by Gasteiger charge is -2.31. The average Bonchev–Trinajstić information content (AvgIpc) is 1.55. The molecule has 2 heterocycles. The molecular formula is C87H56Si2. The number of benzene rings is 15. The highest BCUT2D eigenvalue weighted by molar-refractivity contribution is 7.23. The highest BCUT2D eigenvalue weighted by atomic mass is 28.3. The minimum absolute atomic E-state index is 0.496. The van der Waals surface area contributed by atoms with E-state index in [1.807, 2.05) is 0 Å². The number of rotatable bonds is 7. The third-order valence-electron chi connectivity index (χ3n) is 20.9. The van der Waals surface area contributed by atoms with Gasteiger partial charge in [-0.25, -0.2) is 0 Å². The second kappa shape index (κ2) is 19.1. The van der Waals surface area contributed by atoms with Gasteiger partial charge in [0.15, 0.2) is 16.1 Å². The van der Waals surface area contributed by atoms with Crippen LogP contribution in [0.2, 0.25) is 0 Å². The molecule has 0 saturated carbocycles. The van der Waals surface area contributed by atoms with Crippen LogP contribution in [0.3, 0.4) is 0 Å². The Bertz CT molecular complexity index is 5070. The lowest BCUT2D eigenvalue weighted by Crippen LogP contribution is -2.72. The molecule has 4 aliphatic rings. The summed E-state index contributed by atoms with van der Waals surface area (Å²) in [6.07, 6.45) is 0. The van der Waals surface area contributed by atoms with Crippen LogP contribution < -0.4 is 41.5 Å². The first-order chi connectivity index (χ1) is 44.2. The molecule has 0 unspecified atom stereocenters. The molecule has 0 fully saturated rings. The van der Waals surface area contributed by atoms with Crippen LogP contribution in [0.1, 0.15) is 22.3 Å². The maximum absolute atomic E-state index is 2.83. The monoisotopic (exact) mass is 1160 g/mol. The van der Waals surface area contributed by atoms with Crippen LogP contribution in [0.5, 0.6) is 0 Å². The molecule has 15 aromatic rings. The Hall–Kier alpha value is -10.7. The molecule has 2 heteroatoms.